The predicted octanol–water partition coefficient (Wildman–Crippen LogP) is 5.34. The molecule has 1 aliphatic heterocycles. The van der Waals surface area contributed by atoms with Crippen LogP contribution in [0.2, 0.25) is 5.02 Å². The molecule has 0 spiro atoms. The van der Waals surface area contributed by atoms with E-state index in [9.17, 15) is 10.1 Å². The molecule has 1 aromatic heterocycles. The van der Waals surface area contributed by atoms with Crippen LogP contribution in [0.4, 0.5) is 0 Å². The minimum atomic E-state index is -0.117. The molecule has 0 unspecified atom stereocenters. The quantitative estimate of drug-likeness (QED) is 0.426. The second-order valence-electron chi connectivity index (χ2n) is 7.81. The summed E-state index contributed by atoms with van der Waals surface area (Å²) in [4.78, 5) is 17.2. The fraction of sp³-hybridized carbons (Fsp3) is 0.269. The second-order valence-corrected chi connectivity index (χ2v) is 9.21. The Morgan fingerprint density at radius 3 is 2.62 bits per heavy atom. The van der Waals surface area contributed by atoms with Crippen molar-refractivity contribution in [1.29, 1.82) is 5.26 Å². The van der Waals surface area contributed by atoms with Gasteiger partial charge in [-0.25, -0.2) is 4.98 Å². The molecule has 1 saturated heterocycles. The van der Waals surface area contributed by atoms with Crippen molar-refractivity contribution in [3.63, 3.8) is 0 Å². The van der Waals surface area contributed by atoms with Crippen LogP contribution in [0.1, 0.15) is 18.4 Å². The van der Waals surface area contributed by atoms with Gasteiger partial charge in [0.2, 0.25) is 5.91 Å². The number of hydrogen-bond acceptors (Lipinski definition) is 6. The van der Waals surface area contributed by atoms with Crippen LogP contribution in [0.25, 0.3) is 22.4 Å². The van der Waals surface area contributed by atoms with Gasteiger partial charge in [0, 0.05) is 29.3 Å². The predicted molar refractivity (Wildman–Crippen MR) is 134 cm³/mol. The molecular weight excluding hydrogens is 470 g/mol. The third-order valence-electron chi connectivity index (χ3n) is 5.53. The third-order valence-corrected chi connectivity index (χ3v) is 6.76. The van der Waals surface area contributed by atoms with Gasteiger partial charge < -0.3 is 14.8 Å². The van der Waals surface area contributed by atoms with E-state index in [0.717, 1.165) is 41.9 Å². The summed E-state index contributed by atoms with van der Waals surface area (Å²) in [5.41, 5.74) is 3.60. The van der Waals surface area contributed by atoms with Gasteiger partial charge in [0.15, 0.2) is 0 Å². The topological polar surface area (TPSA) is 84.2 Å². The number of hydrogen-bond donors (Lipinski definition) is 1. The van der Waals surface area contributed by atoms with Crippen LogP contribution in [0.3, 0.4) is 0 Å². The van der Waals surface area contributed by atoms with Crippen LogP contribution in [0.15, 0.2) is 59.6 Å². The third kappa shape index (κ3) is 5.89. The molecule has 174 valence electrons. The average molecular weight is 494 g/mol. The van der Waals surface area contributed by atoms with Crippen LogP contribution in [-0.4, -0.2) is 43.0 Å². The van der Waals surface area contributed by atoms with Crippen molar-refractivity contribution in [2.75, 3.05) is 26.0 Å². The summed E-state index contributed by atoms with van der Waals surface area (Å²) in [7, 11) is 1.61. The number of halogens is 1. The van der Waals surface area contributed by atoms with E-state index in [1.807, 2.05) is 42.5 Å². The van der Waals surface area contributed by atoms with Crippen molar-refractivity contribution in [3.05, 3.63) is 65.2 Å². The van der Waals surface area contributed by atoms with Crippen molar-refractivity contribution in [2.24, 2.45) is 0 Å². The summed E-state index contributed by atoms with van der Waals surface area (Å²) in [6.45, 7) is 1.25. The Labute approximate surface area is 208 Å². The van der Waals surface area contributed by atoms with E-state index in [1.54, 1.807) is 19.2 Å². The SMILES string of the molecule is COc1ccc(-c2cc(-c3ccc(Cl)cc3)nc(SCC(=O)NC[C@H]3CCCO3)c2C#N)cc1. The van der Waals surface area contributed by atoms with E-state index < -0.39 is 0 Å². The van der Waals surface area contributed by atoms with Crippen LogP contribution in [0.5, 0.6) is 5.75 Å². The molecule has 3 aromatic rings. The molecule has 6 nitrogen and oxygen atoms in total. The van der Waals surface area contributed by atoms with Crippen molar-refractivity contribution in [1.82, 2.24) is 10.3 Å². The molecule has 34 heavy (non-hydrogen) atoms. The zero-order valence-corrected chi connectivity index (χ0v) is 20.3. The highest BCUT2D eigenvalue weighted by molar-refractivity contribution is 8.00. The summed E-state index contributed by atoms with van der Waals surface area (Å²) in [5, 5.41) is 14.1. The lowest BCUT2D eigenvalue weighted by molar-refractivity contribution is -0.119. The smallest absolute Gasteiger partial charge is 0.230 e. The van der Waals surface area contributed by atoms with Crippen LogP contribution in [-0.2, 0) is 9.53 Å². The molecule has 1 aliphatic rings. The normalized spacial score (nSPS) is 15.0. The minimum absolute atomic E-state index is 0.0802. The highest BCUT2D eigenvalue weighted by atomic mass is 35.5. The summed E-state index contributed by atoms with van der Waals surface area (Å²) in [6, 6.07) is 19.1. The van der Waals surface area contributed by atoms with Gasteiger partial charge in [-0.1, -0.05) is 47.6 Å². The van der Waals surface area contributed by atoms with Crippen molar-refractivity contribution < 1.29 is 14.3 Å². The zero-order chi connectivity index (χ0) is 23.9. The fourth-order valence-corrected chi connectivity index (χ4v) is 4.68. The molecule has 1 amide bonds. The Morgan fingerprint density at radius 1 is 1.24 bits per heavy atom. The molecule has 1 atom stereocenters. The van der Waals surface area contributed by atoms with Gasteiger partial charge >= 0.3 is 0 Å². The number of carbonyl (C=O) groups excluding carboxylic acids is 1. The van der Waals surface area contributed by atoms with Gasteiger partial charge in [-0.15, -0.1) is 0 Å². The van der Waals surface area contributed by atoms with Crippen LogP contribution < -0.4 is 10.1 Å². The first-order valence-electron chi connectivity index (χ1n) is 10.9. The van der Waals surface area contributed by atoms with Gasteiger partial charge in [-0.3, -0.25) is 4.79 Å². The summed E-state index contributed by atoms with van der Waals surface area (Å²) in [6.07, 6.45) is 2.06. The number of benzene rings is 2. The zero-order valence-electron chi connectivity index (χ0n) is 18.7. The number of aromatic nitrogens is 1. The maximum Gasteiger partial charge on any atom is 0.230 e. The van der Waals surface area contributed by atoms with Crippen molar-refractivity contribution in [2.45, 2.75) is 24.0 Å². The van der Waals surface area contributed by atoms with Gasteiger partial charge in [0.1, 0.15) is 16.8 Å². The first-order valence-corrected chi connectivity index (χ1v) is 12.3. The molecule has 2 aromatic carbocycles. The van der Waals surface area contributed by atoms with Crippen molar-refractivity contribution in [3.8, 4) is 34.2 Å². The maximum atomic E-state index is 12.5. The lowest BCUT2D eigenvalue weighted by Crippen LogP contribution is -2.32. The largest absolute Gasteiger partial charge is 0.497 e. The fourth-order valence-electron chi connectivity index (χ4n) is 3.72. The number of nitrogens with zero attached hydrogens (tertiary/aromatic N) is 2. The summed E-state index contributed by atoms with van der Waals surface area (Å²) < 4.78 is 10.8. The molecule has 1 N–H and O–H groups in total. The standard InChI is InChI=1S/C26H24ClN3O3S/c1-32-20-10-6-17(7-11-20)22-13-24(18-4-8-19(27)9-5-18)30-26(23(22)14-28)34-16-25(31)29-15-21-3-2-12-33-21/h4-11,13,21H,2-3,12,15-16H2,1H3,(H,29,31)/t21-/m1/s1. The van der Waals surface area contributed by atoms with Crippen LogP contribution in [0, 0.1) is 11.3 Å². The lowest BCUT2D eigenvalue weighted by Gasteiger charge is -2.14. The number of pyridine rings is 1. The minimum Gasteiger partial charge on any atom is -0.497 e. The molecule has 0 radical (unpaired) electrons. The molecule has 4 rings (SSSR count). The van der Waals surface area contributed by atoms with E-state index in [0.29, 0.717) is 27.9 Å². The highest BCUT2D eigenvalue weighted by Gasteiger charge is 2.19. The number of amides is 1. The maximum absolute atomic E-state index is 12.5. The number of carbonyl (C=O) groups is 1. The number of methoxy groups -OCH3 is 1. The molecular formula is C26H24ClN3O3S. The number of ether oxygens (including phenoxy) is 2. The van der Waals surface area contributed by atoms with E-state index in [2.05, 4.69) is 11.4 Å². The summed E-state index contributed by atoms with van der Waals surface area (Å²) >= 11 is 7.32. The van der Waals surface area contributed by atoms with Crippen molar-refractivity contribution >= 4 is 29.3 Å². The lowest BCUT2D eigenvalue weighted by atomic mass is 9.99. The second kappa shape index (κ2) is 11.4. The molecule has 2 heterocycles. The van der Waals surface area contributed by atoms with E-state index in [-0.39, 0.29) is 17.8 Å². The Bertz CT molecular complexity index is 1190. The van der Waals surface area contributed by atoms with Gasteiger partial charge in [-0.2, -0.15) is 5.26 Å². The van der Waals surface area contributed by atoms with Gasteiger partial charge in [-0.05, 0) is 48.7 Å². The Kier molecular flexibility index (Phi) is 8.07. The average Bonchev–Trinajstić information content (AvgIpc) is 3.40. The van der Waals surface area contributed by atoms with E-state index in [1.165, 1.54) is 11.8 Å². The molecule has 1 fully saturated rings. The monoisotopic (exact) mass is 493 g/mol. The Morgan fingerprint density at radius 2 is 1.97 bits per heavy atom. The Balaban J connectivity index is 1.64. The Hall–Kier alpha value is -3.05. The molecule has 0 bridgehead atoms. The first kappa shape index (κ1) is 24.1. The molecule has 0 saturated carbocycles. The molecule has 0 aliphatic carbocycles. The van der Waals surface area contributed by atoms with E-state index in [4.69, 9.17) is 26.1 Å². The first-order chi connectivity index (χ1) is 16.6. The van der Waals surface area contributed by atoms with Crippen LogP contribution >= 0.6 is 23.4 Å². The van der Waals surface area contributed by atoms with Gasteiger partial charge in [0.25, 0.3) is 0 Å². The van der Waals surface area contributed by atoms with E-state index >= 15 is 0 Å². The number of thioether (sulfide) groups is 1. The highest BCUT2D eigenvalue weighted by Crippen LogP contribution is 2.35. The number of rotatable bonds is 8. The summed E-state index contributed by atoms with van der Waals surface area (Å²) in [5.74, 6) is 0.765. The molecule has 8 heteroatoms. The van der Waals surface area contributed by atoms with Gasteiger partial charge in [0.05, 0.1) is 30.2 Å². The number of nitrogens with one attached hydrogen (secondary N) is 1. The number of nitriles is 1.